The number of hydrogen-bond donors (Lipinski definition) is 1. The molecule has 0 fully saturated rings. The zero-order valence-electron chi connectivity index (χ0n) is 16.9. The van der Waals surface area contributed by atoms with Gasteiger partial charge in [0.25, 0.3) is 0 Å². The van der Waals surface area contributed by atoms with Crippen molar-refractivity contribution in [2.75, 3.05) is 0 Å². The first-order valence-corrected chi connectivity index (χ1v) is 9.53. The standard InChI is InChI=1S/C25H27NO2/c1-17-10-8-14-22(19(17)3)24(26-28-16-21-12-6-5-7-13-21)25(27)23-15-9-11-18(2)20(23)4/h5-15,25,27H,16H2,1-4H3. The lowest BCUT2D eigenvalue weighted by atomic mass is 9.91. The summed E-state index contributed by atoms with van der Waals surface area (Å²) in [7, 11) is 0. The van der Waals surface area contributed by atoms with Gasteiger partial charge in [-0.15, -0.1) is 0 Å². The van der Waals surface area contributed by atoms with Crippen molar-refractivity contribution < 1.29 is 9.94 Å². The van der Waals surface area contributed by atoms with Crippen LogP contribution in [-0.4, -0.2) is 10.8 Å². The minimum atomic E-state index is -0.865. The molecule has 1 N–H and O–H groups in total. The molecule has 3 aromatic carbocycles. The van der Waals surface area contributed by atoms with Crippen molar-refractivity contribution >= 4 is 5.71 Å². The third kappa shape index (κ3) is 4.32. The third-order valence-electron chi connectivity index (χ3n) is 5.32. The van der Waals surface area contributed by atoms with Gasteiger partial charge in [0.05, 0.1) is 0 Å². The first-order valence-electron chi connectivity index (χ1n) is 9.53. The van der Waals surface area contributed by atoms with Gasteiger partial charge in [0.2, 0.25) is 0 Å². The summed E-state index contributed by atoms with van der Waals surface area (Å²) in [4.78, 5) is 5.67. The predicted molar refractivity (Wildman–Crippen MR) is 115 cm³/mol. The summed E-state index contributed by atoms with van der Waals surface area (Å²) in [5.74, 6) is 0. The quantitative estimate of drug-likeness (QED) is 0.453. The van der Waals surface area contributed by atoms with Crippen molar-refractivity contribution in [2.24, 2.45) is 5.16 Å². The van der Waals surface area contributed by atoms with Gasteiger partial charge >= 0.3 is 0 Å². The lowest BCUT2D eigenvalue weighted by Crippen LogP contribution is -2.17. The molecule has 1 unspecified atom stereocenters. The Balaban J connectivity index is 1.99. The third-order valence-corrected chi connectivity index (χ3v) is 5.32. The number of hydrogen-bond acceptors (Lipinski definition) is 3. The summed E-state index contributed by atoms with van der Waals surface area (Å²) in [6.45, 7) is 8.54. The monoisotopic (exact) mass is 373 g/mol. The summed E-state index contributed by atoms with van der Waals surface area (Å²) in [5.41, 5.74) is 7.77. The Kier molecular flexibility index (Phi) is 6.27. The van der Waals surface area contributed by atoms with E-state index in [1.165, 1.54) is 0 Å². The van der Waals surface area contributed by atoms with Gasteiger partial charge in [-0.3, -0.25) is 0 Å². The highest BCUT2D eigenvalue weighted by atomic mass is 16.6. The fourth-order valence-electron chi connectivity index (χ4n) is 3.24. The van der Waals surface area contributed by atoms with E-state index in [9.17, 15) is 5.11 Å². The van der Waals surface area contributed by atoms with E-state index in [-0.39, 0.29) is 0 Å². The highest BCUT2D eigenvalue weighted by Gasteiger charge is 2.22. The molecule has 3 nitrogen and oxygen atoms in total. The van der Waals surface area contributed by atoms with Crippen molar-refractivity contribution in [3.8, 4) is 0 Å². The van der Waals surface area contributed by atoms with E-state index < -0.39 is 6.10 Å². The van der Waals surface area contributed by atoms with Crippen LogP contribution in [0.1, 0.15) is 45.0 Å². The number of aliphatic hydroxyl groups excluding tert-OH is 1. The lowest BCUT2D eigenvalue weighted by Gasteiger charge is -2.19. The van der Waals surface area contributed by atoms with E-state index >= 15 is 0 Å². The summed E-state index contributed by atoms with van der Waals surface area (Å²) in [6, 6.07) is 21.9. The average molecular weight is 373 g/mol. The molecule has 0 aromatic heterocycles. The maximum Gasteiger partial charge on any atom is 0.142 e. The Morgan fingerprint density at radius 1 is 0.821 bits per heavy atom. The van der Waals surface area contributed by atoms with E-state index in [0.717, 1.165) is 38.9 Å². The molecule has 28 heavy (non-hydrogen) atoms. The molecule has 0 spiro atoms. The van der Waals surface area contributed by atoms with Crippen LogP contribution in [-0.2, 0) is 11.4 Å². The van der Waals surface area contributed by atoms with Gasteiger partial charge in [-0.2, -0.15) is 0 Å². The van der Waals surface area contributed by atoms with Crippen LogP contribution < -0.4 is 0 Å². The van der Waals surface area contributed by atoms with Crippen molar-refractivity contribution in [1.29, 1.82) is 0 Å². The Labute approximate surface area is 167 Å². The Bertz CT molecular complexity index is 977. The fraction of sp³-hybridized carbons (Fsp3) is 0.240. The summed E-state index contributed by atoms with van der Waals surface area (Å²) in [6.07, 6.45) is -0.865. The molecule has 0 saturated carbocycles. The molecule has 144 valence electrons. The zero-order chi connectivity index (χ0) is 20.1. The van der Waals surface area contributed by atoms with Gasteiger partial charge < -0.3 is 9.94 Å². The van der Waals surface area contributed by atoms with Crippen molar-refractivity contribution in [1.82, 2.24) is 0 Å². The molecule has 0 heterocycles. The average Bonchev–Trinajstić information content (AvgIpc) is 2.70. The van der Waals surface area contributed by atoms with E-state index in [0.29, 0.717) is 12.3 Å². The summed E-state index contributed by atoms with van der Waals surface area (Å²) in [5, 5.41) is 15.6. The van der Waals surface area contributed by atoms with Crippen molar-refractivity contribution in [3.05, 3.63) is 106 Å². The second-order valence-corrected chi connectivity index (χ2v) is 7.17. The number of benzene rings is 3. The van der Waals surface area contributed by atoms with E-state index in [1.54, 1.807) is 0 Å². The highest BCUT2D eigenvalue weighted by molar-refractivity contribution is 6.05. The van der Waals surface area contributed by atoms with Gasteiger partial charge in [0, 0.05) is 5.56 Å². The number of aryl methyl sites for hydroxylation is 2. The second-order valence-electron chi connectivity index (χ2n) is 7.17. The topological polar surface area (TPSA) is 41.8 Å². The molecule has 3 rings (SSSR count). The van der Waals surface area contributed by atoms with Crippen LogP contribution in [0.4, 0.5) is 0 Å². The first kappa shape index (κ1) is 19.8. The van der Waals surface area contributed by atoms with Crippen molar-refractivity contribution in [2.45, 2.75) is 40.4 Å². The molecule has 0 aliphatic rings. The summed E-state index contributed by atoms with van der Waals surface area (Å²) < 4.78 is 0. The molecular weight excluding hydrogens is 346 g/mol. The lowest BCUT2D eigenvalue weighted by molar-refractivity contribution is 0.125. The minimum absolute atomic E-state index is 0.356. The Morgan fingerprint density at radius 2 is 1.46 bits per heavy atom. The molecule has 0 amide bonds. The van der Waals surface area contributed by atoms with Crippen LogP contribution in [0.5, 0.6) is 0 Å². The smallest absolute Gasteiger partial charge is 0.142 e. The number of nitrogens with zero attached hydrogens (tertiary/aromatic N) is 1. The molecule has 1 atom stereocenters. The molecule has 3 heteroatoms. The van der Waals surface area contributed by atoms with E-state index in [1.807, 2.05) is 81.4 Å². The molecule has 0 aliphatic carbocycles. The van der Waals surface area contributed by atoms with Crippen LogP contribution >= 0.6 is 0 Å². The SMILES string of the molecule is Cc1cccc(C(=NOCc2ccccc2)C(O)c2cccc(C)c2C)c1C. The maximum atomic E-state index is 11.2. The molecular formula is C25H27NO2. The normalized spacial score (nSPS) is 12.7. The van der Waals surface area contributed by atoms with Crippen LogP contribution in [0.3, 0.4) is 0 Å². The second kappa shape index (κ2) is 8.85. The minimum Gasteiger partial charge on any atom is -0.391 e. The first-order chi connectivity index (χ1) is 13.5. The van der Waals surface area contributed by atoms with Gasteiger partial charge in [0.15, 0.2) is 0 Å². The molecule has 0 aliphatic heterocycles. The van der Waals surface area contributed by atoms with Crippen LogP contribution in [0, 0.1) is 27.7 Å². The largest absolute Gasteiger partial charge is 0.391 e. The van der Waals surface area contributed by atoms with Crippen molar-refractivity contribution in [3.63, 3.8) is 0 Å². The predicted octanol–water partition coefficient (Wildman–Crippen LogP) is 5.57. The van der Waals surface area contributed by atoms with E-state index in [4.69, 9.17) is 4.84 Å². The molecule has 0 bridgehead atoms. The zero-order valence-corrected chi connectivity index (χ0v) is 16.9. The van der Waals surface area contributed by atoms with Crippen LogP contribution in [0.25, 0.3) is 0 Å². The fourth-order valence-corrected chi connectivity index (χ4v) is 3.24. The van der Waals surface area contributed by atoms with Gasteiger partial charge in [0.1, 0.15) is 18.4 Å². The van der Waals surface area contributed by atoms with Crippen LogP contribution in [0.15, 0.2) is 71.9 Å². The van der Waals surface area contributed by atoms with Gasteiger partial charge in [-0.1, -0.05) is 71.9 Å². The molecule has 0 saturated heterocycles. The Morgan fingerprint density at radius 3 is 2.18 bits per heavy atom. The van der Waals surface area contributed by atoms with Gasteiger partial charge in [-0.05, 0) is 61.1 Å². The maximum absolute atomic E-state index is 11.2. The molecule has 0 radical (unpaired) electrons. The van der Waals surface area contributed by atoms with Crippen LogP contribution in [0.2, 0.25) is 0 Å². The summed E-state index contributed by atoms with van der Waals surface area (Å²) >= 11 is 0. The number of aliphatic hydroxyl groups is 1. The van der Waals surface area contributed by atoms with E-state index in [2.05, 4.69) is 18.1 Å². The number of rotatable bonds is 6. The number of oxime groups is 1. The molecule has 3 aromatic rings. The highest BCUT2D eigenvalue weighted by Crippen LogP contribution is 2.27. The Hall–Kier alpha value is -2.91. The van der Waals surface area contributed by atoms with Gasteiger partial charge in [-0.25, -0.2) is 0 Å².